The second kappa shape index (κ2) is 3.53. The molecule has 0 spiro atoms. The summed E-state index contributed by atoms with van der Waals surface area (Å²) in [6.45, 7) is 1.42. The van der Waals surface area contributed by atoms with E-state index in [1.54, 1.807) is 0 Å². The molecule has 1 N–H and O–H groups in total. The zero-order chi connectivity index (χ0) is 10.3. The number of fused-ring (bicyclic) bond motifs is 1. The van der Waals surface area contributed by atoms with Crippen LogP contribution >= 0.6 is 0 Å². The summed E-state index contributed by atoms with van der Waals surface area (Å²) in [6.07, 6.45) is 3.76. The van der Waals surface area contributed by atoms with Crippen LogP contribution in [0.2, 0.25) is 0 Å². The predicted molar refractivity (Wildman–Crippen MR) is 61.1 cm³/mol. The van der Waals surface area contributed by atoms with Crippen LogP contribution in [0.5, 0.6) is 0 Å². The Balaban J connectivity index is 1.87. The summed E-state index contributed by atoms with van der Waals surface area (Å²) in [4.78, 5) is 2.41. The number of para-hydroxylation sites is 1. The van der Waals surface area contributed by atoms with Crippen molar-refractivity contribution in [1.29, 1.82) is 0 Å². The second-order valence-electron chi connectivity index (χ2n) is 4.76. The first kappa shape index (κ1) is 9.22. The van der Waals surface area contributed by atoms with Crippen molar-refractivity contribution in [3.8, 4) is 0 Å². The van der Waals surface area contributed by atoms with Gasteiger partial charge in [0.15, 0.2) is 0 Å². The van der Waals surface area contributed by atoms with E-state index >= 15 is 0 Å². The van der Waals surface area contributed by atoms with E-state index in [4.69, 9.17) is 0 Å². The molecule has 3 rings (SSSR count). The highest BCUT2D eigenvalue weighted by molar-refractivity contribution is 5.59. The number of benzene rings is 1. The summed E-state index contributed by atoms with van der Waals surface area (Å²) in [7, 11) is 0. The Morgan fingerprint density at radius 2 is 2.07 bits per heavy atom. The molecule has 80 valence electrons. The third-order valence-corrected chi connectivity index (χ3v) is 3.56. The van der Waals surface area contributed by atoms with E-state index in [0.717, 1.165) is 18.9 Å². The molecule has 0 radical (unpaired) electrons. The van der Waals surface area contributed by atoms with Gasteiger partial charge in [-0.15, -0.1) is 0 Å². The predicted octanol–water partition coefficient (Wildman–Crippen LogP) is 1.82. The maximum Gasteiger partial charge on any atom is 0.0638 e. The number of rotatable bonds is 3. The van der Waals surface area contributed by atoms with Crippen LogP contribution in [0.15, 0.2) is 24.3 Å². The second-order valence-corrected chi connectivity index (χ2v) is 4.76. The summed E-state index contributed by atoms with van der Waals surface area (Å²) in [6, 6.07) is 8.88. The van der Waals surface area contributed by atoms with Crippen LogP contribution in [-0.2, 0) is 6.42 Å². The number of aliphatic hydroxyl groups excluding tert-OH is 1. The Labute approximate surface area is 90.5 Å². The zero-order valence-corrected chi connectivity index (χ0v) is 8.89. The van der Waals surface area contributed by atoms with Gasteiger partial charge < -0.3 is 10.0 Å². The zero-order valence-electron chi connectivity index (χ0n) is 8.89. The van der Waals surface area contributed by atoms with E-state index in [-0.39, 0.29) is 6.61 Å². The minimum atomic E-state index is 0.279. The van der Waals surface area contributed by atoms with Gasteiger partial charge in [0.1, 0.15) is 0 Å². The average molecular weight is 203 g/mol. The largest absolute Gasteiger partial charge is 0.394 e. The molecule has 0 amide bonds. The van der Waals surface area contributed by atoms with Gasteiger partial charge in [0, 0.05) is 12.2 Å². The summed E-state index contributed by atoms with van der Waals surface area (Å²) in [5.41, 5.74) is 2.75. The van der Waals surface area contributed by atoms with Gasteiger partial charge in [0.25, 0.3) is 0 Å². The van der Waals surface area contributed by atoms with E-state index in [2.05, 4.69) is 29.2 Å². The number of nitrogens with zero attached hydrogens (tertiary/aromatic N) is 1. The van der Waals surface area contributed by atoms with Gasteiger partial charge in [0.05, 0.1) is 12.6 Å². The molecule has 1 aromatic carbocycles. The minimum absolute atomic E-state index is 0.279. The molecule has 1 saturated carbocycles. The Morgan fingerprint density at radius 3 is 2.80 bits per heavy atom. The van der Waals surface area contributed by atoms with E-state index in [0.29, 0.717) is 6.04 Å². The normalized spacial score (nSPS) is 24.3. The molecule has 1 aliphatic heterocycles. The van der Waals surface area contributed by atoms with Gasteiger partial charge in [-0.05, 0) is 36.8 Å². The molecular formula is C13H17NO. The fraction of sp³-hybridized carbons (Fsp3) is 0.538. The van der Waals surface area contributed by atoms with E-state index in [1.165, 1.54) is 24.1 Å². The Kier molecular flexibility index (Phi) is 2.17. The van der Waals surface area contributed by atoms with Gasteiger partial charge in [-0.1, -0.05) is 18.2 Å². The highest BCUT2D eigenvalue weighted by Gasteiger charge is 2.33. The van der Waals surface area contributed by atoms with Crippen LogP contribution in [0.4, 0.5) is 5.69 Å². The highest BCUT2D eigenvalue weighted by Crippen LogP contribution is 2.37. The molecule has 1 unspecified atom stereocenters. The first-order chi connectivity index (χ1) is 7.38. The first-order valence-electron chi connectivity index (χ1n) is 5.84. The smallest absolute Gasteiger partial charge is 0.0638 e. The third kappa shape index (κ3) is 1.63. The lowest BCUT2D eigenvalue weighted by atomic mass is 10.1. The lowest BCUT2D eigenvalue weighted by molar-refractivity contribution is 0.262. The van der Waals surface area contributed by atoms with Gasteiger partial charge in [0.2, 0.25) is 0 Å². The number of hydrogen-bond donors (Lipinski definition) is 1. The molecule has 2 nitrogen and oxygen atoms in total. The van der Waals surface area contributed by atoms with E-state index in [1.807, 2.05) is 0 Å². The van der Waals surface area contributed by atoms with Crippen LogP contribution in [0, 0.1) is 5.92 Å². The maximum absolute atomic E-state index is 9.40. The highest BCUT2D eigenvalue weighted by atomic mass is 16.3. The quantitative estimate of drug-likeness (QED) is 0.810. The standard InChI is InChI=1S/C13H17NO/c15-9-12-7-11-3-1-2-4-13(11)14(12)8-10-5-6-10/h1-4,10,12,15H,5-9H2. The lowest BCUT2D eigenvalue weighted by Crippen LogP contribution is -2.36. The Hall–Kier alpha value is -1.02. The van der Waals surface area contributed by atoms with Crippen LogP contribution in [0.25, 0.3) is 0 Å². The van der Waals surface area contributed by atoms with Crippen LogP contribution in [0.1, 0.15) is 18.4 Å². The molecule has 0 bridgehead atoms. The summed E-state index contributed by atoms with van der Waals surface area (Å²) >= 11 is 0. The van der Waals surface area contributed by atoms with Gasteiger partial charge >= 0.3 is 0 Å². The van der Waals surface area contributed by atoms with E-state index < -0.39 is 0 Å². The van der Waals surface area contributed by atoms with Crippen LogP contribution < -0.4 is 4.90 Å². The van der Waals surface area contributed by atoms with Crippen molar-refractivity contribution in [3.05, 3.63) is 29.8 Å². The van der Waals surface area contributed by atoms with Crippen LogP contribution in [-0.4, -0.2) is 24.3 Å². The molecule has 1 aliphatic carbocycles. The molecule has 0 aromatic heterocycles. The topological polar surface area (TPSA) is 23.5 Å². The molecule has 2 aliphatic rings. The van der Waals surface area contributed by atoms with Gasteiger partial charge in [-0.25, -0.2) is 0 Å². The van der Waals surface area contributed by atoms with Crippen molar-refractivity contribution in [2.24, 2.45) is 5.92 Å². The minimum Gasteiger partial charge on any atom is -0.394 e. The van der Waals surface area contributed by atoms with Crippen molar-refractivity contribution in [2.45, 2.75) is 25.3 Å². The molecule has 0 saturated heterocycles. The van der Waals surface area contributed by atoms with Gasteiger partial charge in [-0.2, -0.15) is 0 Å². The molecule has 1 aromatic rings. The fourth-order valence-electron chi connectivity index (χ4n) is 2.51. The number of anilines is 1. The summed E-state index contributed by atoms with van der Waals surface area (Å²) in [5.74, 6) is 0.880. The molecule has 15 heavy (non-hydrogen) atoms. The van der Waals surface area contributed by atoms with Crippen LogP contribution in [0.3, 0.4) is 0 Å². The van der Waals surface area contributed by atoms with Crippen molar-refractivity contribution in [2.75, 3.05) is 18.1 Å². The monoisotopic (exact) mass is 203 g/mol. The van der Waals surface area contributed by atoms with Crippen molar-refractivity contribution >= 4 is 5.69 Å². The van der Waals surface area contributed by atoms with E-state index in [9.17, 15) is 5.11 Å². The Bertz CT molecular complexity index is 359. The molecule has 1 heterocycles. The van der Waals surface area contributed by atoms with Crippen molar-refractivity contribution in [1.82, 2.24) is 0 Å². The first-order valence-corrected chi connectivity index (χ1v) is 5.84. The summed E-state index contributed by atoms with van der Waals surface area (Å²) in [5, 5.41) is 9.40. The fourth-order valence-corrected chi connectivity index (χ4v) is 2.51. The molecule has 1 atom stereocenters. The summed E-state index contributed by atoms with van der Waals surface area (Å²) < 4.78 is 0. The Morgan fingerprint density at radius 1 is 1.27 bits per heavy atom. The van der Waals surface area contributed by atoms with Gasteiger partial charge in [-0.3, -0.25) is 0 Å². The lowest BCUT2D eigenvalue weighted by Gasteiger charge is -2.26. The average Bonchev–Trinajstić information content (AvgIpc) is 3.01. The number of hydrogen-bond acceptors (Lipinski definition) is 2. The molecule has 2 heteroatoms. The number of aliphatic hydroxyl groups is 1. The molecular weight excluding hydrogens is 186 g/mol. The molecule has 1 fully saturated rings. The third-order valence-electron chi connectivity index (χ3n) is 3.56. The maximum atomic E-state index is 9.40. The van der Waals surface area contributed by atoms with Crippen molar-refractivity contribution in [3.63, 3.8) is 0 Å². The van der Waals surface area contributed by atoms with Crippen molar-refractivity contribution < 1.29 is 5.11 Å². The SMILES string of the molecule is OCC1Cc2ccccc2N1CC1CC1.